The van der Waals surface area contributed by atoms with Gasteiger partial charge in [-0.3, -0.25) is 10.00 Å². The van der Waals surface area contributed by atoms with Crippen molar-refractivity contribution in [1.82, 2.24) is 15.1 Å². The maximum absolute atomic E-state index is 6.44. The normalized spacial score (nSPS) is 21.6. The summed E-state index contributed by atoms with van der Waals surface area (Å²) in [7, 11) is 2.08. The first-order valence-corrected chi connectivity index (χ1v) is 8.50. The van der Waals surface area contributed by atoms with E-state index in [9.17, 15) is 0 Å². The molecule has 1 atom stereocenters. The zero-order valence-electron chi connectivity index (χ0n) is 12.5. The molecule has 0 radical (unpaired) electrons. The molecule has 1 N–H and O–H groups in total. The van der Waals surface area contributed by atoms with Crippen LogP contribution in [0.15, 0.2) is 36.5 Å². The largest absolute Gasteiger partial charge is 0.300 e. The van der Waals surface area contributed by atoms with Crippen molar-refractivity contribution in [3.05, 3.63) is 63.3 Å². The minimum Gasteiger partial charge on any atom is -0.300 e. The molecule has 1 aliphatic rings. The van der Waals surface area contributed by atoms with E-state index in [2.05, 4.69) is 40.3 Å². The molecule has 0 amide bonds. The highest BCUT2D eigenvalue weighted by molar-refractivity contribution is 7.81. The van der Waals surface area contributed by atoms with Gasteiger partial charge >= 0.3 is 0 Å². The zero-order chi connectivity index (χ0) is 16.2. The number of hydrogen-bond acceptors (Lipinski definition) is 3. The van der Waals surface area contributed by atoms with Gasteiger partial charge in [0.2, 0.25) is 0 Å². The minimum absolute atomic E-state index is 0.476. The highest BCUT2D eigenvalue weighted by Gasteiger charge is 2.38. The average molecular weight is 364 g/mol. The van der Waals surface area contributed by atoms with Gasteiger partial charge in [-0.1, -0.05) is 35.3 Å². The van der Waals surface area contributed by atoms with Crippen LogP contribution in [0, 0.1) is 0 Å². The first-order chi connectivity index (χ1) is 11.0. The van der Waals surface area contributed by atoms with Crippen molar-refractivity contribution in [3.63, 3.8) is 0 Å². The molecule has 0 fully saturated rings. The van der Waals surface area contributed by atoms with Gasteiger partial charge in [-0.05, 0) is 41.9 Å². The highest BCUT2D eigenvalue weighted by Crippen LogP contribution is 2.45. The third kappa shape index (κ3) is 2.45. The van der Waals surface area contributed by atoms with Crippen molar-refractivity contribution in [2.75, 3.05) is 13.6 Å². The van der Waals surface area contributed by atoms with Gasteiger partial charge in [0.05, 0.1) is 16.5 Å². The topological polar surface area (TPSA) is 31.9 Å². The van der Waals surface area contributed by atoms with Gasteiger partial charge in [0.1, 0.15) is 0 Å². The fourth-order valence-corrected chi connectivity index (χ4v) is 4.51. The second-order valence-electron chi connectivity index (χ2n) is 6.12. The summed E-state index contributed by atoms with van der Waals surface area (Å²) in [6.45, 7) is 1.57. The van der Waals surface area contributed by atoms with E-state index in [0.29, 0.717) is 10.0 Å². The van der Waals surface area contributed by atoms with Gasteiger partial charge in [-0.15, -0.1) is 0 Å². The van der Waals surface area contributed by atoms with E-state index in [1.807, 2.05) is 12.3 Å². The number of nitrogens with zero attached hydrogens (tertiary/aromatic N) is 2. The van der Waals surface area contributed by atoms with E-state index < -0.39 is 4.75 Å². The molecular weight excluding hydrogens is 349 g/mol. The molecule has 0 aliphatic carbocycles. The summed E-state index contributed by atoms with van der Waals surface area (Å²) < 4.78 is -0.476. The maximum Gasteiger partial charge on any atom is 0.0758 e. The fraction of sp³-hybridized carbons (Fsp3) is 0.235. The van der Waals surface area contributed by atoms with E-state index in [-0.39, 0.29) is 0 Å². The summed E-state index contributed by atoms with van der Waals surface area (Å²) >= 11 is 17.8. The summed E-state index contributed by atoms with van der Waals surface area (Å²) in [4.78, 5) is 2.23. The third-order valence-electron chi connectivity index (χ3n) is 4.45. The SMILES string of the molecule is CN1Cc2c(Cl)cc(Cl)cc2[C@@](S)(c2ccc3cn[nH]c3c2)C1. The fourth-order valence-electron chi connectivity index (χ4n) is 3.38. The number of rotatable bonds is 1. The molecule has 3 aromatic rings. The van der Waals surface area contributed by atoms with Crippen LogP contribution in [-0.4, -0.2) is 28.7 Å². The standard InChI is InChI=1S/C17H15Cl2N3S/c1-22-8-13-14(5-12(18)6-15(13)19)17(23,9-22)11-3-2-10-7-20-21-16(10)4-11/h2-7,23H,8-9H2,1H3,(H,20,21)/t17-/m0/s1. The number of benzene rings is 2. The van der Waals surface area contributed by atoms with Crippen molar-refractivity contribution in [1.29, 1.82) is 0 Å². The Labute approximate surface area is 150 Å². The predicted octanol–water partition coefficient (Wildman–Crippen LogP) is 4.49. The van der Waals surface area contributed by atoms with E-state index in [1.54, 1.807) is 6.07 Å². The Morgan fingerprint density at radius 3 is 2.91 bits per heavy atom. The molecule has 1 aromatic heterocycles. The summed E-state index contributed by atoms with van der Waals surface area (Å²) in [5.41, 5.74) is 4.27. The Morgan fingerprint density at radius 2 is 2.09 bits per heavy atom. The Morgan fingerprint density at radius 1 is 1.26 bits per heavy atom. The number of halogens is 2. The Balaban J connectivity index is 1.96. The monoisotopic (exact) mass is 363 g/mol. The molecule has 0 saturated heterocycles. The van der Waals surface area contributed by atoms with Gasteiger partial charge in [0, 0.05) is 28.5 Å². The lowest BCUT2D eigenvalue weighted by molar-refractivity contribution is 0.283. The van der Waals surface area contributed by atoms with Gasteiger partial charge < -0.3 is 0 Å². The van der Waals surface area contributed by atoms with Crippen molar-refractivity contribution >= 4 is 46.7 Å². The Hall–Kier alpha value is -1.20. The van der Waals surface area contributed by atoms with Crippen LogP contribution in [0.25, 0.3) is 10.9 Å². The quantitative estimate of drug-likeness (QED) is 0.624. The molecule has 6 heteroatoms. The summed E-state index contributed by atoms with van der Waals surface area (Å²) in [6.07, 6.45) is 1.82. The smallest absolute Gasteiger partial charge is 0.0758 e. The lowest BCUT2D eigenvalue weighted by atomic mass is 9.83. The second kappa shape index (κ2) is 5.42. The maximum atomic E-state index is 6.44. The van der Waals surface area contributed by atoms with Crippen LogP contribution in [0.3, 0.4) is 0 Å². The molecule has 2 heterocycles. The number of nitrogens with one attached hydrogen (secondary N) is 1. The predicted molar refractivity (Wildman–Crippen MR) is 98.7 cm³/mol. The van der Waals surface area contributed by atoms with E-state index in [1.165, 1.54) is 0 Å². The molecule has 2 aromatic carbocycles. The molecular formula is C17H15Cl2N3S. The first-order valence-electron chi connectivity index (χ1n) is 7.30. The number of thiol groups is 1. The van der Waals surface area contributed by atoms with Crippen LogP contribution < -0.4 is 0 Å². The van der Waals surface area contributed by atoms with Crippen LogP contribution in [0.2, 0.25) is 10.0 Å². The second-order valence-corrected chi connectivity index (χ2v) is 7.73. The van der Waals surface area contributed by atoms with Crippen LogP contribution in [0.1, 0.15) is 16.7 Å². The van der Waals surface area contributed by atoms with Gasteiger partial charge in [-0.2, -0.15) is 17.7 Å². The van der Waals surface area contributed by atoms with Gasteiger partial charge in [0.15, 0.2) is 0 Å². The molecule has 0 bridgehead atoms. The average Bonchev–Trinajstić information content (AvgIpc) is 2.96. The van der Waals surface area contributed by atoms with E-state index >= 15 is 0 Å². The number of likely N-dealkylation sites (N-methyl/N-ethyl adjacent to an activating group) is 1. The highest BCUT2D eigenvalue weighted by atomic mass is 35.5. The number of fused-ring (bicyclic) bond motifs is 2. The van der Waals surface area contributed by atoms with Gasteiger partial charge in [-0.25, -0.2) is 0 Å². The molecule has 1 aliphatic heterocycles. The lowest BCUT2D eigenvalue weighted by Gasteiger charge is -2.40. The van der Waals surface area contributed by atoms with Crippen molar-refractivity contribution in [3.8, 4) is 0 Å². The van der Waals surface area contributed by atoms with Crippen molar-refractivity contribution in [2.24, 2.45) is 0 Å². The van der Waals surface area contributed by atoms with Crippen molar-refractivity contribution < 1.29 is 0 Å². The zero-order valence-corrected chi connectivity index (χ0v) is 14.9. The van der Waals surface area contributed by atoms with Crippen molar-refractivity contribution in [2.45, 2.75) is 11.3 Å². The van der Waals surface area contributed by atoms with Crippen LogP contribution in [-0.2, 0) is 11.3 Å². The lowest BCUT2D eigenvalue weighted by Crippen LogP contribution is -2.41. The summed E-state index contributed by atoms with van der Waals surface area (Å²) in [6, 6.07) is 10.1. The Bertz CT molecular complexity index is 908. The van der Waals surface area contributed by atoms with Crippen LogP contribution >= 0.6 is 35.8 Å². The van der Waals surface area contributed by atoms with E-state index in [0.717, 1.165) is 40.7 Å². The molecule has 0 saturated carbocycles. The number of H-pyrrole nitrogens is 1. The Kier molecular flexibility index (Phi) is 3.61. The summed E-state index contributed by atoms with van der Waals surface area (Å²) in [5.74, 6) is 0. The molecule has 4 rings (SSSR count). The number of aromatic amines is 1. The van der Waals surface area contributed by atoms with Crippen LogP contribution in [0.5, 0.6) is 0 Å². The molecule has 118 valence electrons. The molecule has 0 unspecified atom stereocenters. The van der Waals surface area contributed by atoms with E-state index in [4.69, 9.17) is 35.8 Å². The minimum atomic E-state index is -0.476. The van der Waals surface area contributed by atoms with Crippen LogP contribution in [0.4, 0.5) is 0 Å². The molecule has 3 nitrogen and oxygen atoms in total. The summed E-state index contributed by atoms with van der Waals surface area (Å²) in [5, 5.41) is 9.54. The van der Waals surface area contributed by atoms with Gasteiger partial charge in [0.25, 0.3) is 0 Å². The molecule has 23 heavy (non-hydrogen) atoms. The number of aromatic nitrogens is 2. The number of hydrogen-bond donors (Lipinski definition) is 2. The third-order valence-corrected chi connectivity index (χ3v) is 5.65. The first kappa shape index (κ1) is 15.3. The molecule has 0 spiro atoms.